The molecule has 0 saturated carbocycles. The predicted molar refractivity (Wildman–Crippen MR) is 84.0 cm³/mol. The average molecular weight is 314 g/mol. The van der Waals surface area contributed by atoms with Crippen molar-refractivity contribution in [3.8, 4) is 0 Å². The molecule has 6 nitrogen and oxygen atoms in total. The van der Waals surface area contributed by atoms with Gasteiger partial charge in [0, 0.05) is 0 Å². The topological polar surface area (TPSA) is 67.9 Å². The Balaban J connectivity index is 2.00. The fourth-order valence-corrected chi connectivity index (χ4v) is 1.83. The Kier molecular flexibility index (Phi) is 6.14. The van der Waals surface area contributed by atoms with Crippen LogP contribution in [0.25, 0.3) is 0 Å². The van der Waals surface area contributed by atoms with E-state index in [4.69, 9.17) is 9.57 Å². The second-order valence-electron chi connectivity index (χ2n) is 4.62. The maximum absolute atomic E-state index is 11.9. The second kappa shape index (κ2) is 8.55. The van der Waals surface area contributed by atoms with Gasteiger partial charge in [0.1, 0.15) is 0 Å². The molecule has 0 fully saturated rings. The fourth-order valence-electron chi connectivity index (χ4n) is 1.83. The molecule has 6 heteroatoms. The molecule has 0 unspecified atom stereocenters. The Hall–Kier alpha value is -2.86. The van der Waals surface area contributed by atoms with E-state index >= 15 is 0 Å². The lowest BCUT2D eigenvalue weighted by Gasteiger charge is -2.21. The summed E-state index contributed by atoms with van der Waals surface area (Å²) in [5.74, 6) is -0.590. The molecule has 0 heterocycles. The third-order valence-electron chi connectivity index (χ3n) is 2.93. The molecule has 2 aromatic rings. The van der Waals surface area contributed by atoms with Crippen LogP contribution in [0.2, 0.25) is 0 Å². The van der Waals surface area contributed by atoms with Crippen LogP contribution >= 0.6 is 0 Å². The quantitative estimate of drug-likeness (QED) is 0.830. The number of benzene rings is 2. The third kappa shape index (κ3) is 5.12. The van der Waals surface area contributed by atoms with Crippen LogP contribution in [0.3, 0.4) is 0 Å². The highest BCUT2D eigenvalue weighted by Gasteiger charge is 2.17. The van der Waals surface area contributed by atoms with Gasteiger partial charge in [0.25, 0.3) is 0 Å². The van der Waals surface area contributed by atoms with E-state index < -0.39 is 12.1 Å². The monoisotopic (exact) mass is 314 g/mol. The lowest BCUT2D eigenvalue weighted by Crippen LogP contribution is -2.43. The van der Waals surface area contributed by atoms with Crippen LogP contribution in [0.4, 0.5) is 4.79 Å². The first-order valence-corrected chi connectivity index (χ1v) is 7.20. The van der Waals surface area contributed by atoms with Gasteiger partial charge in [-0.15, -0.1) is 0 Å². The van der Waals surface area contributed by atoms with E-state index in [9.17, 15) is 9.59 Å². The molecule has 2 aromatic carbocycles. The molecule has 2 rings (SSSR count). The zero-order valence-corrected chi connectivity index (χ0v) is 12.8. The highest BCUT2D eigenvalue weighted by Crippen LogP contribution is 2.05. The van der Waals surface area contributed by atoms with Gasteiger partial charge in [0.2, 0.25) is 0 Å². The van der Waals surface area contributed by atoms with Crippen molar-refractivity contribution in [2.24, 2.45) is 0 Å². The van der Waals surface area contributed by atoms with Crippen LogP contribution in [0, 0.1) is 0 Å². The van der Waals surface area contributed by atoms with E-state index in [0.29, 0.717) is 5.56 Å². The van der Waals surface area contributed by atoms with Gasteiger partial charge in [0.05, 0.1) is 18.7 Å². The van der Waals surface area contributed by atoms with Gasteiger partial charge in [-0.25, -0.2) is 14.6 Å². The summed E-state index contributed by atoms with van der Waals surface area (Å²) in [4.78, 5) is 28.8. The first-order chi connectivity index (χ1) is 11.2. The first kappa shape index (κ1) is 16.5. The fraction of sp³-hybridized carbons (Fsp3) is 0.176. The van der Waals surface area contributed by atoms with E-state index in [0.717, 1.165) is 10.6 Å². The molecule has 0 aromatic heterocycles. The second-order valence-corrected chi connectivity index (χ2v) is 4.62. The molecule has 1 amide bonds. The van der Waals surface area contributed by atoms with E-state index in [-0.39, 0.29) is 13.2 Å². The number of amides is 1. The van der Waals surface area contributed by atoms with Crippen LogP contribution in [0.15, 0.2) is 60.7 Å². The largest absolute Gasteiger partial charge is 0.449 e. The minimum absolute atomic E-state index is 0.196. The number of carbonyl (C=O) groups is 2. The highest BCUT2D eigenvalue weighted by atomic mass is 16.7. The van der Waals surface area contributed by atoms with Crippen LogP contribution in [-0.4, -0.2) is 23.7 Å². The van der Waals surface area contributed by atoms with E-state index in [1.54, 1.807) is 37.3 Å². The van der Waals surface area contributed by atoms with Crippen LogP contribution in [0.5, 0.6) is 0 Å². The number of hydrogen-bond acceptors (Lipinski definition) is 5. The number of ether oxygens (including phenoxy) is 1. The Morgan fingerprint density at radius 1 is 1.00 bits per heavy atom. The first-order valence-electron chi connectivity index (χ1n) is 7.20. The Bertz CT molecular complexity index is 632. The molecule has 1 N–H and O–H groups in total. The van der Waals surface area contributed by atoms with Crippen molar-refractivity contribution in [3.63, 3.8) is 0 Å². The lowest BCUT2D eigenvalue weighted by atomic mass is 10.2. The van der Waals surface area contributed by atoms with Gasteiger partial charge in [0.15, 0.2) is 0 Å². The standard InChI is InChI=1S/C17H18N2O4/c1-2-22-17(21)19(13-14-9-5-3-6-10-14)18-23-16(20)15-11-7-4-8-12-15/h3-12,18H,2,13H2,1H3. The van der Waals surface area contributed by atoms with Crippen LogP contribution in [0.1, 0.15) is 22.8 Å². The summed E-state index contributed by atoms with van der Waals surface area (Å²) >= 11 is 0. The Morgan fingerprint density at radius 3 is 2.22 bits per heavy atom. The van der Waals surface area contributed by atoms with Crippen molar-refractivity contribution in [2.45, 2.75) is 13.5 Å². The molecule has 0 spiro atoms. The number of nitrogens with one attached hydrogen (secondary N) is 1. The SMILES string of the molecule is CCOC(=O)N(Cc1ccccc1)NOC(=O)c1ccccc1. The zero-order chi connectivity index (χ0) is 16.5. The van der Waals surface area contributed by atoms with Crippen molar-refractivity contribution < 1.29 is 19.2 Å². The lowest BCUT2D eigenvalue weighted by molar-refractivity contribution is -0.0489. The summed E-state index contributed by atoms with van der Waals surface area (Å²) in [6.07, 6.45) is -0.628. The number of rotatable bonds is 6. The van der Waals surface area contributed by atoms with Gasteiger partial charge in [-0.2, -0.15) is 0 Å². The van der Waals surface area contributed by atoms with Gasteiger partial charge >= 0.3 is 12.1 Å². The summed E-state index contributed by atoms with van der Waals surface area (Å²) in [7, 11) is 0. The van der Waals surface area contributed by atoms with Crippen molar-refractivity contribution in [1.82, 2.24) is 10.6 Å². The minimum atomic E-state index is -0.628. The maximum atomic E-state index is 11.9. The minimum Gasteiger partial charge on any atom is -0.449 e. The van der Waals surface area contributed by atoms with Crippen LogP contribution < -0.4 is 5.59 Å². The van der Waals surface area contributed by atoms with Gasteiger partial charge in [-0.05, 0) is 24.6 Å². The summed E-state index contributed by atoms with van der Waals surface area (Å²) in [5.41, 5.74) is 3.60. The molecular weight excluding hydrogens is 296 g/mol. The summed E-state index contributed by atoms with van der Waals surface area (Å²) < 4.78 is 4.95. The van der Waals surface area contributed by atoms with Crippen molar-refractivity contribution in [1.29, 1.82) is 0 Å². The van der Waals surface area contributed by atoms with Crippen molar-refractivity contribution in [2.75, 3.05) is 6.61 Å². The smallest absolute Gasteiger partial charge is 0.427 e. The van der Waals surface area contributed by atoms with Gasteiger partial charge in [-0.3, -0.25) is 0 Å². The molecule has 0 aliphatic rings. The number of hydrazine groups is 1. The molecule has 0 atom stereocenters. The normalized spacial score (nSPS) is 9.96. The van der Waals surface area contributed by atoms with Gasteiger partial charge in [-0.1, -0.05) is 54.1 Å². The predicted octanol–water partition coefficient (Wildman–Crippen LogP) is 2.92. The zero-order valence-electron chi connectivity index (χ0n) is 12.8. The third-order valence-corrected chi connectivity index (χ3v) is 2.93. The molecule has 23 heavy (non-hydrogen) atoms. The molecule has 0 radical (unpaired) electrons. The number of carbonyl (C=O) groups excluding carboxylic acids is 2. The molecule has 0 bridgehead atoms. The van der Waals surface area contributed by atoms with Crippen molar-refractivity contribution >= 4 is 12.1 Å². The molecular formula is C17H18N2O4. The van der Waals surface area contributed by atoms with Crippen molar-refractivity contribution in [3.05, 3.63) is 71.8 Å². The van der Waals surface area contributed by atoms with E-state index in [2.05, 4.69) is 5.59 Å². The molecule has 0 aliphatic carbocycles. The highest BCUT2D eigenvalue weighted by molar-refractivity contribution is 5.89. The molecule has 120 valence electrons. The Labute approximate surface area is 134 Å². The van der Waals surface area contributed by atoms with E-state index in [1.807, 2.05) is 30.3 Å². The maximum Gasteiger partial charge on any atom is 0.427 e. The number of nitrogens with zero attached hydrogens (tertiary/aromatic N) is 1. The Morgan fingerprint density at radius 2 is 1.61 bits per heavy atom. The summed E-state index contributed by atoms with van der Waals surface area (Å²) in [6, 6.07) is 17.8. The average Bonchev–Trinajstić information content (AvgIpc) is 2.60. The summed E-state index contributed by atoms with van der Waals surface area (Å²) in [5, 5.41) is 1.10. The molecule has 0 saturated heterocycles. The summed E-state index contributed by atoms with van der Waals surface area (Å²) in [6.45, 7) is 2.12. The molecule has 0 aliphatic heterocycles. The van der Waals surface area contributed by atoms with Gasteiger partial charge < -0.3 is 9.57 Å². The van der Waals surface area contributed by atoms with E-state index in [1.165, 1.54) is 0 Å². The van der Waals surface area contributed by atoms with Crippen LogP contribution in [-0.2, 0) is 16.1 Å². The number of hydrogen-bond donors (Lipinski definition) is 1.